The molecule has 2 amide bonds. The van der Waals surface area contributed by atoms with Crippen molar-refractivity contribution in [3.05, 3.63) is 53.1 Å². The van der Waals surface area contributed by atoms with Gasteiger partial charge < -0.3 is 20.1 Å². The second-order valence-corrected chi connectivity index (χ2v) is 6.67. The van der Waals surface area contributed by atoms with Gasteiger partial charge in [0.2, 0.25) is 11.8 Å². The van der Waals surface area contributed by atoms with Crippen LogP contribution in [0.1, 0.15) is 37.0 Å². The predicted octanol–water partition coefficient (Wildman–Crippen LogP) is 3.52. The first-order valence-electron chi connectivity index (χ1n) is 9.90. The van der Waals surface area contributed by atoms with Gasteiger partial charge in [-0.15, -0.1) is 0 Å². The van der Waals surface area contributed by atoms with Crippen molar-refractivity contribution < 1.29 is 19.1 Å². The molecule has 0 saturated heterocycles. The Morgan fingerprint density at radius 3 is 2.14 bits per heavy atom. The molecule has 2 aromatic rings. The number of anilines is 1. The van der Waals surface area contributed by atoms with Crippen LogP contribution in [0.4, 0.5) is 5.69 Å². The van der Waals surface area contributed by atoms with E-state index in [1.807, 2.05) is 50.2 Å². The molecule has 0 saturated carbocycles. The summed E-state index contributed by atoms with van der Waals surface area (Å²) in [5.41, 5.74) is 4.00. The fourth-order valence-corrected chi connectivity index (χ4v) is 3.18. The van der Waals surface area contributed by atoms with Crippen LogP contribution in [0.5, 0.6) is 11.5 Å². The fraction of sp³-hybridized carbons (Fsp3) is 0.391. The average molecular weight is 399 g/mol. The van der Waals surface area contributed by atoms with E-state index in [2.05, 4.69) is 10.6 Å². The Balaban J connectivity index is 1.86. The molecule has 29 heavy (non-hydrogen) atoms. The zero-order valence-corrected chi connectivity index (χ0v) is 17.6. The standard InChI is InChI=1S/C23H30N2O4/c1-5-17-8-7-9-18(6-2)23(17)25-22(27)15-21(26)24-13-12-16-10-11-19(28-3)20(14-16)29-4/h7-11,14H,5-6,12-13,15H2,1-4H3,(H,24,26)(H,25,27). The molecule has 2 rings (SSSR count). The Labute approximate surface area is 172 Å². The smallest absolute Gasteiger partial charge is 0.233 e. The molecule has 6 heteroatoms. The Morgan fingerprint density at radius 2 is 1.55 bits per heavy atom. The van der Waals surface area contributed by atoms with Gasteiger partial charge in [-0.2, -0.15) is 0 Å². The van der Waals surface area contributed by atoms with Crippen LogP contribution in [0.2, 0.25) is 0 Å². The second kappa shape index (κ2) is 11.1. The predicted molar refractivity (Wildman–Crippen MR) is 115 cm³/mol. The minimum absolute atomic E-state index is 0.201. The van der Waals surface area contributed by atoms with Gasteiger partial charge in [-0.3, -0.25) is 9.59 Å². The van der Waals surface area contributed by atoms with E-state index in [0.29, 0.717) is 24.5 Å². The molecule has 0 spiro atoms. The Kier molecular flexibility index (Phi) is 8.52. The van der Waals surface area contributed by atoms with Crippen molar-refractivity contribution in [2.75, 3.05) is 26.1 Å². The SMILES string of the molecule is CCc1cccc(CC)c1NC(=O)CC(=O)NCCc1ccc(OC)c(OC)c1. The van der Waals surface area contributed by atoms with Crippen LogP contribution in [-0.4, -0.2) is 32.6 Å². The molecule has 0 aliphatic heterocycles. The first-order chi connectivity index (χ1) is 14.0. The number of carbonyl (C=O) groups excluding carboxylic acids is 2. The molecule has 0 atom stereocenters. The number of hydrogen-bond donors (Lipinski definition) is 2. The summed E-state index contributed by atoms with van der Waals surface area (Å²) in [7, 11) is 3.17. The summed E-state index contributed by atoms with van der Waals surface area (Å²) >= 11 is 0. The lowest BCUT2D eigenvalue weighted by Crippen LogP contribution is -2.30. The fourth-order valence-electron chi connectivity index (χ4n) is 3.18. The van der Waals surface area contributed by atoms with Gasteiger partial charge in [0.05, 0.1) is 14.2 Å². The lowest BCUT2D eigenvalue weighted by Gasteiger charge is -2.14. The van der Waals surface area contributed by atoms with Gasteiger partial charge in [0.25, 0.3) is 0 Å². The van der Waals surface area contributed by atoms with Crippen LogP contribution in [0.15, 0.2) is 36.4 Å². The number of amides is 2. The molecule has 2 N–H and O–H groups in total. The molecule has 0 unspecified atom stereocenters. The zero-order valence-electron chi connectivity index (χ0n) is 17.6. The van der Waals surface area contributed by atoms with E-state index in [-0.39, 0.29) is 18.2 Å². The summed E-state index contributed by atoms with van der Waals surface area (Å²) in [6, 6.07) is 11.6. The Bertz CT molecular complexity index is 827. The average Bonchev–Trinajstić information content (AvgIpc) is 2.73. The number of carbonyl (C=O) groups is 2. The molecule has 2 aromatic carbocycles. The highest BCUT2D eigenvalue weighted by Gasteiger charge is 2.13. The number of ether oxygens (including phenoxy) is 2. The molecule has 156 valence electrons. The van der Waals surface area contributed by atoms with Crippen LogP contribution in [0, 0.1) is 0 Å². The van der Waals surface area contributed by atoms with Crippen LogP contribution in [-0.2, 0) is 28.9 Å². The van der Waals surface area contributed by atoms with E-state index in [1.54, 1.807) is 14.2 Å². The summed E-state index contributed by atoms with van der Waals surface area (Å²) in [5, 5.41) is 5.72. The number of nitrogens with one attached hydrogen (secondary N) is 2. The van der Waals surface area contributed by atoms with Crippen molar-refractivity contribution in [1.82, 2.24) is 5.32 Å². The van der Waals surface area contributed by atoms with Crippen molar-refractivity contribution in [3.63, 3.8) is 0 Å². The van der Waals surface area contributed by atoms with E-state index in [1.165, 1.54) is 0 Å². The molecule has 0 aliphatic carbocycles. The zero-order chi connectivity index (χ0) is 21.2. The molecule has 0 heterocycles. The maximum atomic E-state index is 12.3. The van der Waals surface area contributed by atoms with Gasteiger partial charge in [-0.05, 0) is 48.1 Å². The molecular formula is C23H30N2O4. The molecule has 0 radical (unpaired) electrons. The van der Waals surface area contributed by atoms with Crippen LogP contribution in [0.3, 0.4) is 0 Å². The third-order valence-corrected chi connectivity index (χ3v) is 4.77. The number of para-hydroxylation sites is 1. The van der Waals surface area contributed by atoms with E-state index in [9.17, 15) is 9.59 Å². The van der Waals surface area contributed by atoms with Gasteiger partial charge in [-0.25, -0.2) is 0 Å². The van der Waals surface area contributed by atoms with Gasteiger partial charge in [0, 0.05) is 12.2 Å². The highest BCUT2D eigenvalue weighted by molar-refractivity contribution is 6.04. The largest absolute Gasteiger partial charge is 0.493 e. The third-order valence-electron chi connectivity index (χ3n) is 4.77. The third kappa shape index (κ3) is 6.24. The molecule has 0 bridgehead atoms. The van der Waals surface area contributed by atoms with Gasteiger partial charge >= 0.3 is 0 Å². The molecule has 0 aliphatic rings. The minimum atomic E-state index is -0.302. The quantitative estimate of drug-likeness (QED) is 0.601. The number of aryl methyl sites for hydroxylation is 2. The lowest BCUT2D eigenvalue weighted by molar-refractivity contribution is -0.126. The lowest BCUT2D eigenvalue weighted by atomic mass is 10.0. The van der Waals surface area contributed by atoms with Crippen molar-refractivity contribution in [1.29, 1.82) is 0 Å². The topological polar surface area (TPSA) is 76.7 Å². The van der Waals surface area contributed by atoms with Gasteiger partial charge in [0.15, 0.2) is 11.5 Å². The van der Waals surface area contributed by atoms with Crippen molar-refractivity contribution in [2.45, 2.75) is 39.5 Å². The second-order valence-electron chi connectivity index (χ2n) is 6.67. The summed E-state index contributed by atoms with van der Waals surface area (Å²) < 4.78 is 10.5. The maximum Gasteiger partial charge on any atom is 0.233 e. The molecule has 0 fully saturated rings. The normalized spacial score (nSPS) is 10.3. The summed E-state index contributed by atoms with van der Waals surface area (Å²) in [6.07, 6.45) is 2.07. The van der Waals surface area contributed by atoms with E-state index in [0.717, 1.165) is 35.2 Å². The number of hydrogen-bond acceptors (Lipinski definition) is 4. The summed E-state index contributed by atoms with van der Waals surface area (Å²) in [6.45, 7) is 4.53. The van der Waals surface area contributed by atoms with E-state index < -0.39 is 0 Å². The monoisotopic (exact) mass is 398 g/mol. The number of methoxy groups -OCH3 is 2. The number of benzene rings is 2. The number of rotatable bonds is 10. The van der Waals surface area contributed by atoms with Crippen LogP contribution < -0.4 is 20.1 Å². The van der Waals surface area contributed by atoms with Crippen molar-refractivity contribution in [3.8, 4) is 11.5 Å². The minimum Gasteiger partial charge on any atom is -0.493 e. The summed E-state index contributed by atoms with van der Waals surface area (Å²) in [5.74, 6) is 0.715. The molecular weight excluding hydrogens is 368 g/mol. The van der Waals surface area contributed by atoms with Crippen molar-refractivity contribution >= 4 is 17.5 Å². The molecule has 6 nitrogen and oxygen atoms in total. The Morgan fingerprint density at radius 1 is 0.897 bits per heavy atom. The Hall–Kier alpha value is -3.02. The molecule has 0 aromatic heterocycles. The summed E-state index contributed by atoms with van der Waals surface area (Å²) in [4.78, 5) is 24.5. The highest BCUT2D eigenvalue weighted by Crippen LogP contribution is 2.27. The van der Waals surface area contributed by atoms with E-state index in [4.69, 9.17) is 9.47 Å². The first kappa shape index (κ1) is 22.3. The van der Waals surface area contributed by atoms with Crippen molar-refractivity contribution in [2.24, 2.45) is 0 Å². The van der Waals surface area contributed by atoms with Crippen LogP contribution in [0.25, 0.3) is 0 Å². The van der Waals surface area contributed by atoms with Gasteiger partial charge in [-0.1, -0.05) is 38.1 Å². The van der Waals surface area contributed by atoms with Crippen LogP contribution >= 0.6 is 0 Å². The highest BCUT2D eigenvalue weighted by atomic mass is 16.5. The first-order valence-corrected chi connectivity index (χ1v) is 9.90. The van der Waals surface area contributed by atoms with E-state index >= 15 is 0 Å². The van der Waals surface area contributed by atoms with Gasteiger partial charge in [0.1, 0.15) is 6.42 Å². The maximum absolute atomic E-state index is 12.3.